The van der Waals surface area contributed by atoms with Crippen molar-refractivity contribution in [3.8, 4) is 0 Å². The fraction of sp³-hybridized carbons (Fsp3) is 0.500. The molecule has 0 heterocycles. The third-order valence-corrected chi connectivity index (χ3v) is 2.76. The largest absolute Gasteiger partial charge is 0.444 e. The Morgan fingerprint density at radius 3 is 2.45 bits per heavy atom. The maximum Gasteiger partial charge on any atom is 0.407 e. The summed E-state index contributed by atoms with van der Waals surface area (Å²) >= 11 is 0. The number of nitrogens with one attached hydrogen (secondary N) is 2. The maximum absolute atomic E-state index is 12.0. The van der Waals surface area contributed by atoms with Gasteiger partial charge >= 0.3 is 6.09 Å². The summed E-state index contributed by atoms with van der Waals surface area (Å²) in [6.45, 7) is 8.19. The average molecular weight is 307 g/mol. The van der Waals surface area contributed by atoms with E-state index in [9.17, 15) is 9.59 Å². The smallest absolute Gasteiger partial charge is 0.407 e. The number of nitrogen functional groups attached to an aromatic ring is 1. The molecule has 1 rings (SSSR count). The van der Waals surface area contributed by atoms with E-state index in [0.29, 0.717) is 30.8 Å². The number of alkyl carbamates (subject to hydrolysis) is 1. The Balaban J connectivity index is 2.29. The Kier molecular flexibility index (Phi) is 6.22. The van der Waals surface area contributed by atoms with Crippen LogP contribution in [0.5, 0.6) is 0 Å². The molecule has 2 amide bonds. The molecule has 1 aromatic rings. The van der Waals surface area contributed by atoms with E-state index in [1.54, 1.807) is 32.9 Å². The van der Waals surface area contributed by atoms with Crippen molar-refractivity contribution in [3.63, 3.8) is 0 Å². The highest BCUT2D eigenvalue weighted by Gasteiger charge is 2.15. The third-order valence-electron chi connectivity index (χ3n) is 2.76. The van der Waals surface area contributed by atoms with Gasteiger partial charge in [0.15, 0.2) is 0 Å². The number of hydrogen-bond acceptors (Lipinski definition) is 4. The lowest BCUT2D eigenvalue weighted by Gasteiger charge is -2.19. The quantitative estimate of drug-likeness (QED) is 0.574. The topological polar surface area (TPSA) is 93.5 Å². The first kappa shape index (κ1) is 17.8. The highest BCUT2D eigenvalue weighted by molar-refractivity contribution is 5.99. The summed E-state index contributed by atoms with van der Waals surface area (Å²) in [6, 6.07) is 5.33. The van der Waals surface area contributed by atoms with E-state index in [2.05, 4.69) is 10.6 Å². The summed E-state index contributed by atoms with van der Waals surface area (Å²) in [6.07, 6.45) is 0.151. The SMILES string of the molecule is Cc1ccc(N)c(C(=O)NCCCNC(=O)OC(C)(C)C)c1. The van der Waals surface area contributed by atoms with Gasteiger partial charge in [-0.3, -0.25) is 4.79 Å². The number of hydrogen-bond donors (Lipinski definition) is 3. The number of carbonyl (C=O) groups excluding carboxylic acids is 2. The van der Waals surface area contributed by atoms with Crippen molar-refractivity contribution in [1.82, 2.24) is 10.6 Å². The first-order valence-electron chi connectivity index (χ1n) is 7.30. The molecule has 0 aliphatic heterocycles. The summed E-state index contributed by atoms with van der Waals surface area (Å²) in [5, 5.41) is 5.41. The molecule has 0 aliphatic rings. The normalized spacial score (nSPS) is 10.9. The average Bonchev–Trinajstić information content (AvgIpc) is 2.38. The fourth-order valence-corrected chi connectivity index (χ4v) is 1.76. The van der Waals surface area contributed by atoms with Crippen LogP contribution < -0.4 is 16.4 Å². The molecule has 0 bridgehead atoms. The van der Waals surface area contributed by atoms with Crippen LogP contribution in [0.2, 0.25) is 0 Å². The fourth-order valence-electron chi connectivity index (χ4n) is 1.76. The molecule has 6 nitrogen and oxygen atoms in total. The maximum atomic E-state index is 12.0. The minimum Gasteiger partial charge on any atom is -0.444 e. The van der Waals surface area contributed by atoms with Crippen molar-refractivity contribution in [2.24, 2.45) is 0 Å². The van der Waals surface area contributed by atoms with E-state index in [0.717, 1.165) is 5.56 Å². The number of benzene rings is 1. The molecular formula is C16H25N3O3. The predicted octanol–water partition coefficient (Wildman–Crippen LogP) is 2.22. The van der Waals surface area contributed by atoms with Crippen molar-refractivity contribution in [2.45, 2.75) is 39.7 Å². The van der Waals surface area contributed by atoms with Crippen LogP contribution >= 0.6 is 0 Å². The molecule has 0 fully saturated rings. The molecule has 0 aliphatic carbocycles. The number of ether oxygens (including phenoxy) is 1. The van der Waals surface area contributed by atoms with Crippen LogP contribution in [0, 0.1) is 6.92 Å². The van der Waals surface area contributed by atoms with Gasteiger partial charge in [-0.05, 0) is 46.2 Å². The summed E-state index contributed by atoms with van der Waals surface area (Å²) in [4.78, 5) is 23.4. The van der Waals surface area contributed by atoms with Crippen LogP contribution in [0.4, 0.5) is 10.5 Å². The van der Waals surface area contributed by atoms with E-state index in [-0.39, 0.29) is 5.91 Å². The molecule has 4 N–H and O–H groups in total. The number of amides is 2. The Morgan fingerprint density at radius 2 is 1.82 bits per heavy atom. The summed E-state index contributed by atoms with van der Waals surface area (Å²) in [5.74, 6) is -0.210. The van der Waals surface area contributed by atoms with Gasteiger partial charge in [0, 0.05) is 18.8 Å². The van der Waals surface area contributed by atoms with Crippen molar-refractivity contribution in [3.05, 3.63) is 29.3 Å². The zero-order valence-corrected chi connectivity index (χ0v) is 13.7. The molecule has 1 aromatic carbocycles. The van der Waals surface area contributed by atoms with Crippen LogP contribution in [0.3, 0.4) is 0 Å². The molecule has 0 radical (unpaired) electrons. The zero-order chi connectivity index (χ0) is 16.8. The van der Waals surface area contributed by atoms with Crippen molar-refractivity contribution >= 4 is 17.7 Å². The van der Waals surface area contributed by atoms with Gasteiger partial charge in [0.2, 0.25) is 0 Å². The van der Waals surface area contributed by atoms with Crippen molar-refractivity contribution in [1.29, 1.82) is 0 Å². The van der Waals surface area contributed by atoms with Crippen LogP contribution in [-0.2, 0) is 4.74 Å². The number of anilines is 1. The highest BCUT2D eigenvalue weighted by atomic mass is 16.6. The van der Waals surface area contributed by atoms with E-state index in [4.69, 9.17) is 10.5 Å². The summed E-state index contributed by atoms with van der Waals surface area (Å²) in [7, 11) is 0. The molecule has 122 valence electrons. The van der Waals surface area contributed by atoms with Crippen LogP contribution in [0.15, 0.2) is 18.2 Å². The molecule has 0 saturated heterocycles. The highest BCUT2D eigenvalue weighted by Crippen LogP contribution is 2.13. The summed E-state index contributed by atoms with van der Waals surface area (Å²) < 4.78 is 5.11. The first-order valence-corrected chi connectivity index (χ1v) is 7.30. The van der Waals surface area contributed by atoms with Gasteiger partial charge in [-0.25, -0.2) is 4.79 Å². The van der Waals surface area contributed by atoms with Gasteiger partial charge in [0.25, 0.3) is 5.91 Å². The van der Waals surface area contributed by atoms with Gasteiger partial charge < -0.3 is 21.1 Å². The van der Waals surface area contributed by atoms with Crippen molar-refractivity contribution < 1.29 is 14.3 Å². The molecule has 22 heavy (non-hydrogen) atoms. The zero-order valence-electron chi connectivity index (χ0n) is 13.7. The lowest BCUT2D eigenvalue weighted by molar-refractivity contribution is 0.0527. The number of rotatable bonds is 5. The minimum atomic E-state index is -0.513. The van der Waals surface area contributed by atoms with Crippen LogP contribution in [0.25, 0.3) is 0 Å². The van der Waals surface area contributed by atoms with E-state index in [1.807, 2.05) is 13.0 Å². The van der Waals surface area contributed by atoms with Crippen LogP contribution in [-0.4, -0.2) is 30.7 Å². The van der Waals surface area contributed by atoms with Gasteiger partial charge in [-0.2, -0.15) is 0 Å². The lowest BCUT2D eigenvalue weighted by Crippen LogP contribution is -2.34. The van der Waals surface area contributed by atoms with Crippen molar-refractivity contribution in [2.75, 3.05) is 18.8 Å². The van der Waals surface area contributed by atoms with Gasteiger partial charge in [-0.15, -0.1) is 0 Å². The first-order chi connectivity index (χ1) is 10.2. The molecule has 0 spiro atoms. The lowest BCUT2D eigenvalue weighted by atomic mass is 10.1. The second-order valence-electron chi connectivity index (χ2n) is 6.13. The van der Waals surface area contributed by atoms with E-state index < -0.39 is 11.7 Å². The van der Waals surface area contributed by atoms with Crippen LogP contribution in [0.1, 0.15) is 43.1 Å². The Bertz CT molecular complexity index is 536. The summed E-state index contributed by atoms with van der Waals surface area (Å²) in [5.41, 5.74) is 7.18. The van der Waals surface area contributed by atoms with E-state index in [1.165, 1.54) is 0 Å². The molecule has 0 atom stereocenters. The van der Waals surface area contributed by atoms with Gasteiger partial charge in [0.05, 0.1) is 5.56 Å². The number of nitrogens with two attached hydrogens (primary N) is 1. The second kappa shape index (κ2) is 7.68. The molecule has 0 saturated carbocycles. The second-order valence-corrected chi connectivity index (χ2v) is 6.13. The Labute approximate surface area is 131 Å². The predicted molar refractivity (Wildman–Crippen MR) is 86.8 cm³/mol. The number of aryl methyl sites for hydroxylation is 1. The van der Waals surface area contributed by atoms with E-state index >= 15 is 0 Å². The standard InChI is InChI=1S/C16H25N3O3/c1-11-6-7-13(17)12(10-11)14(20)18-8-5-9-19-15(21)22-16(2,3)4/h6-7,10H,5,8-9,17H2,1-4H3,(H,18,20)(H,19,21). The number of carbonyl (C=O) groups is 2. The molecular weight excluding hydrogens is 282 g/mol. The molecule has 0 unspecified atom stereocenters. The third kappa shape index (κ3) is 6.47. The molecule has 0 aromatic heterocycles. The van der Waals surface area contributed by atoms with Gasteiger partial charge in [0.1, 0.15) is 5.60 Å². The monoisotopic (exact) mass is 307 g/mol. The molecule has 6 heteroatoms. The Hall–Kier alpha value is -2.24. The minimum absolute atomic E-state index is 0.210. The Morgan fingerprint density at radius 1 is 1.18 bits per heavy atom. The van der Waals surface area contributed by atoms with Gasteiger partial charge in [-0.1, -0.05) is 11.6 Å².